The van der Waals surface area contributed by atoms with Gasteiger partial charge in [0.1, 0.15) is 0 Å². The van der Waals surface area contributed by atoms with Crippen molar-refractivity contribution in [3.8, 4) is 0 Å². The van der Waals surface area contributed by atoms with E-state index in [2.05, 4.69) is 52.0 Å². The molecule has 1 fully saturated rings. The van der Waals surface area contributed by atoms with Gasteiger partial charge >= 0.3 is 0 Å². The lowest BCUT2D eigenvalue weighted by molar-refractivity contribution is -0.173. The summed E-state index contributed by atoms with van der Waals surface area (Å²) in [6.45, 7) is 12.0. The summed E-state index contributed by atoms with van der Waals surface area (Å²) < 4.78 is 18.0. The van der Waals surface area contributed by atoms with Crippen LogP contribution < -0.4 is 0 Å². The minimum Gasteiger partial charge on any atom is -0.381 e. The zero-order valence-corrected chi connectivity index (χ0v) is 19.4. The minimum atomic E-state index is -0.585. The maximum atomic E-state index is 6.07. The van der Waals surface area contributed by atoms with Crippen molar-refractivity contribution in [2.75, 3.05) is 26.4 Å². The molecule has 166 valence electrons. The van der Waals surface area contributed by atoms with Crippen LogP contribution in [0.3, 0.4) is 0 Å². The van der Waals surface area contributed by atoms with Crippen molar-refractivity contribution in [3.63, 3.8) is 0 Å². The Morgan fingerprint density at radius 1 is 0.793 bits per heavy atom. The monoisotopic (exact) mass is 404 g/mol. The van der Waals surface area contributed by atoms with E-state index >= 15 is 0 Å². The quantitative estimate of drug-likeness (QED) is 0.309. The third kappa shape index (κ3) is 8.39. The van der Waals surface area contributed by atoms with E-state index in [9.17, 15) is 0 Å². The van der Waals surface area contributed by atoms with E-state index in [-0.39, 0.29) is 5.41 Å². The number of rotatable bonds is 14. The molecule has 1 aromatic rings. The van der Waals surface area contributed by atoms with Crippen LogP contribution in [0.5, 0.6) is 0 Å². The van der Waals surface area contributed by atoms with Crippen molar-refractivity contribution in [2.45, 2.75) is 103 Å². The van der Waals surface area contributed by atoms with Gasteiger partial charge < -0.3 is 14.2 Å². The summed E-state index contributed by atoms with van der Waals surface area (Å²) in [4.78, 5) is 0. The van der Waals surface area contributed by atoms with Gasteiger partial charge in [-0.05, 0) is 23.8 Å². The maximum absolute atomic E-state index is 6.07. The van der Waals surface area contributed by atoms with Crippen LogP contribution >= 0.6 is 0 Å². The van der Waals surface area contributed by atoms with Gasteiger partial charge in [-0.15, -0.1) is 0 Å². The number of hydrogen-bond acceptors (Lipinski definition) is 3. The van der Waals surface area contributed by atoms with Crippen molar-refractivity contribution in [1.29, 1.82) is 0 Å². The molecule has 0 bridgehead atoms. The zero-order chi connectivity index (χ0) is 21.0. The number of unbranched alkanes of at least 4 members (excludes halogenated alkanes) is 7. The predicted molar refractivity (Wildman–Crippen MR) is 121 cm³/mol. The molecule has 1 heterocycles. The van der Waals surface area contributed by atoms with E-state index in [1.807, 2.05) is 0 Å². The molecule has 1 saturated heterocycles. The smallest absolute Gasteiger partial charge is 0.195 e. The van der Waals surface area contributed by atoms with Crippen molar-refractivity contribution < 1.29 is 14.2 Å². The molecule has 0 atom stereocenters. The lowest BCUT2D eigenvalue weighted by Gasteiger charge is -2.29. The second-order valence-electron chi connectivity index (χ2n) is 9.47. The second-order valence-corrected chi connectivity index (χ2v) is 9.47. The van der Waals surface area contributed by atoms with Crippen LogP contribution in [0.25, 0.3) is 0 Å². The summed E-state index contributed by atoms with van der Waals surface area (Å²) in [7, 11) is 0. The molecule has 3 heteroatoms. The van der Waals surface area contributed by atoms with E-state index < -0.39 is 5.79 Å². The van der Waals surface area contributed by atoms with Crippen molar-refractivity contribution in [2.24, 2.45) is 0 Å². The van der Waals surface area contributed by atoms with Gasteiger partial charge in [0.05, 0.1) is 13.2 Å². The molecule has 0 amide bonds. The summed E-state index contributed by atoms with van der Waals surface area (Å²) in [6, 6.07) is 8.77. The Morgan fingerprint density at radius 3 is 1.93 bits per heavy atom. The van der Waals surface area contributed by atoms with Crippen molar-refractivity contribution in [3.05, 3.63) is 35.4 Å². The summed E-state index contributed by atoms with van der Waals surface area (Å²) >= 11 is 0. The van der Waals surface area contributed by atoms with E-state index in [4.69, 9.17) is 14.2 Å². The van der Waals surface area contributed by atoms with Gasteiger partial charge in [0, 0.05) is 25.2 Å². The van der Waals surface area contributed by atoms with E-state index in [1.165, 1.54) is 56.9 Å². The lowest BCUT2D eigenvalue weighted by Crippen LogP contribution is -2.28. The maximum Gasteiger partial charge on any atom is 0.195 e. The fraction of sp³-hybridized carbons (Fsp3) is 0.769. The largest absolute Gasteiger partial charge is 0.381 e. The summed E-state index contributed by atoms with van der Waals surface area (Å²) in [5.74, 6) is -0.585. The average molecular weight is 405 g/mol. The van der Waals surface area contributed by atoms with Gasteiger partial charge in [-0.3, -0.25) is 0 Å². The Balaban J connectivity index is 1.64. The summed E-state index contributed by atoms with van der Waals surface area (Å²) in [5.41, 5.74) is 2.63. The third-order valence-electron chi connectivity index (χ3n) is 5.88. The fourth-order valence-corrected chi connectivity index (χ4v) is 3.98. The highest BCUT2D eigenvalue weighted by Gasteiger charge is 2.38. The van der Waals surface area contributed by atoms with Crippen LogP contribution in [0.2, 0.25) is 0 Å². The minimum absolute atomic E-state index is 0.159. The lowest BCUT2D eigenvalue weighted by atomic mass is 9.86. The summed E-state index contributed by atoms with van der Waals surface area (Å²) in [5, 5.41) is 0. The first kappa shape index (κ1) is 24.4. The molecule has 0 unspecified atom stereocenters. The highest BCUT2D eigenvalue weighted by atomic mass is 16.7. The van der Waals surface area contributed by atoms with Crippen molar-refractivity contribution in [1.82, 2.24) is 0 Å². The predicted octanol–water partition coefficient (Wildman–Crippen LogP) is 7.12. The molecule has 0 N–H and O–H groups in total. The summed E-state index contributed by atoms with van der Waals surface area (Å²) in [6.07, 6.45) is 12.5. The molecule has 1 aromatic carbocycles. The van der Waals surface area contributed by atoms with Gasteiger partial charge in [-0.25, -0.2) is 0 Å². The van der Waals surface area contributed by atoms with Gasteiger partial charge in [0.2, 0.25) is 0 Å². The second kappa shape index (κ2) is 12.7. The first-order valence-corrected chi connectivity index (χ1v) is 11.9. The van der Waals surface area contributed by atoms with Crippen LogP contribution in [0.1, 0.15) is 103 Å². The van der Waals surface area contributed by atoms with E-state index in [0.717, 1.165) is 31.6 Å². The Morgan fingerprint density at radius 2 is 1.34 bits per heavy atom. The molecule has 1 aliphatic heterocycles. The highest BCUT2D eigenvalue weighted by Crippen LogP contribution is 2.37. The van der Waals surface area contributed by atoms with Crippen LogP contribution in [-0.4, -0.2) is 26.4 Å². The Kier molecular flexibility index (Phi) is 10.7. The molecule has 2 rings (SSSR count). The molecular weight excluding hydrogens is 360 g/mol. The van der Waals surface area contributed by atoms with Crippen LogP contribution in [-0.2, 0) is 25.4 Å². The average Bonchev–Trinajstić information content (AvgIpc) is 3.18. The Labute approximate surface area is 179 Å². The van der Waals surface area contributed by atoms with Gasteiger partial charge in [0.15, 0.2) is 5.79 Å². The third-order valence-corrected chi connectivity index (χ3v) is 5.88. The molecule has 1 aliphatic rings. The molecule has 0 aliphatic carbocycles. The molecule has 29 heavy (non-hydrogen) atoms. The standard InChI is InChI=1S/C26H44O3/c1-5-6-7-8-9-10-11-12-19-27-20-13-18-26(28-21-22-29-26)24-16-14-23(15-17-24)25(2,3)4/h14-17H,5-13,18-22H2,1-4H3. The van der Waals surface area contributed by atoms with Crippen LogP contribution in [0, 0.1) is 0 Å². The normalized spacial score (nSPS) is 16.4. The molecule has 0 aromatic heterocycles. The van der Waals surface area contributed by atoms with Gasteiger partial charge in [-0.1, -0.05) is 96.9 Å². The van der Waals surface area contributed by atoms with Crippen molar-refractivity contribution >= 4 is 0 Å². The number of hydrogen-bond donors (Lipinski definition) is 0. The molecule has 0 saturated carbocycles. The number of benzene rings is 1. The topological polar surface area (TPSA) is 27.7 Å². The van der Waals surface area contributed by atoms with Gasteiger partial charge in [-0.2, -0.15) is 0 Å². The van der Waals surface area contributed by atoms with Gasteiger partial charge in [0.25, 0.3) is 0 Å². The molecule has 3 nitrogen and oxygen atoms in total. The SMILES string of the molecule is CCCCCCCCCCOCCCC1(c2ccc(C(C)(C)C)cc2)OCCO1. The fourth-order valence-electron chi connectivity index (χ4n) is 3.98. The van der Waals surface area contributed by atoms with Crippen LogP contribution in [0.15, 0.2) is 24.3 Å². The Hall–Kier alpha value is -0.900. The first-order valence-electron chi connectivity index (χ1n) is 11.9. The highest BCUT2D eigenvalue weighted by molar-refractivity contribution is 5.30. The zero-order valence-electron chi connectivity index (χ0n) is 19.4. The van der Waals surface area contributed by atoms with E-state index in [1.54, 1.807) is 0 Å². The number of ether oxygens (including phenoxy) is 3. The molecule has 0 radical (unpaired) electrons. The first-order chi connectivity index (χ1) is 14.0. The molecule has 0 spiro atoms. The molecular formula is C26H44O3. The van der Waals surface area contributed by atoms with Crippen LogP contribution in [0.4, 0.5) is 0 Å². The Bertz CT molecular complexity index is 538. The van der Waals surface area contributed by atoms with E-state index in [0.29, 0.717) is 13.2 Å².